The SMILES string of the molecule is CCC(C)C(NC(=O)C(N)CC(=O)O)C(=O)NC(Cc1cnc[nH]1)C(=O)N1CCCC1C(=O)O. The van der Waals surface area contributed by atoms with Gasteiger partial charge in [-0.15, -0.1) is 0 Å². The highest BCUT2D eigenvalue weighted by Gasteiger charge is 2.39. The zero-order valence-corrected chi connectivity index (χ0v) is 19.2. The highest BCUT2D eigenvalue weighted by Crippen LogP contribution is 2.20. The van der Waals surface area contributed by atoms with Gasteiger partial charge in [-0.1, -0.05) is 20.3 Å². The van der Waals surface area contributed by atoms with Gasteiger partial charge in [-0.05, 0) is 18.8 Å². The Bertz CT molecular complexity index is 890. The quantitative estimate of drug-likeness (QED) is 0.213. The maximum Gasteiger partial charge on any atom is 0.326 e. The first kappa shape index (κ1) is 26.8. The van der Waals surface area contributed by atoms with E-state index >= 15 is 0 Å². The molecule has 1 aromatic rings. The van der Waals surface area contributed by atoms with Crippen LogP contribution in [0.1, 0.15) is 45.2 Å². The minimum atomic E-state index is -1.35. The number of hydrogen-bond acceptors (Lipinski definition) is 7. The highest BCUT2D eigenvalue weighted by molar-refractivity contribution is 5.95. The van der Waals surface area contributed by atoms with Crippen LogP contribution in [0.5, 0.6) is 0 Å². The topological polar surface area (TPSA) is 208 Å². The van der Waals surface area contributed by atoms with E-state index in [-0.39, 0.29) is 18.9 Å². The number of imidazole rings is 1. The van der Waals surface area contributed by atoms with E-state index in [0.717, 1.165) is 0 Å². The third-order valence-electron chi connectivity index (χ3n) is 5.94. The summed E-state index contributed by atoms with van der Waals surface area (Å²) in [6.45, 7) is 3.78. The summed E-state index contributed by atoms with van der Waals surface area (Å²) in [5.41, 5.74) is 6.18. The minimum Gasteiger partial charge on any atom is -0.481 e. The number of likely N-dealkylation sites (tertiary alicyclic amines) is 1. The molecule has 13 heteroatoms. The molecule has 188 valence electrons. The van der Waals surface area contributed by atoms with E-state index in [2.05, 4.69) is 20.6 Å². The molecule has 1 aliphatic heterocycles. The van der Waals surface area contributed by atoms with Crippen LogP contribution in [-0.2, 0) is 30.4 Å². The first-order valence-corrected chi connectivity index (χ1v) is 11.1. The van der Waals surface area contributed by atoms with E-state index in [1.807, 2.05) is 6.92 Å². The van der Waals surface area contributed by atoms with Crippen LogP contribution in [0.2, 0.25) is 0 Å². The summed E-state index contributed by atoms with van der Waals surface area (Å²) in [6.07, 6.45) is 3.68. The predicted molar refractivity (Wildman–Crippen MR) is 118 cm³/mol. The van der Waals surface area contributed by atoms with Gasteiger partial charge in [0.2, 0.25) is 17.7 Å². The van der Waals surface area contributed by atoms with Crippen molar-refractivity contribution in [3.05, 3.63) is 18.2 Å². The fourth-order valence-electron chi connectivity index (χ4n) is 3.81. The van der Waals surface area contributed by atoms with Crippen LogP contribution >= 0.6 is 0 Å². The first-order valence-electron chi connectivity index (χ1n) is 11.1. The third kappa shape index (κ3) is 7.01. The van der Waals surface area contributed by atoms with Crippen LogP contribution in [-0.4, -0.2) is 85.5 Å². The molecule has 0 aliphatic carbocycles. The van der Waals surface area contributed by atoms with Crippen LogP contribution in [0.3, 0.4) is 0 Å². The Morgan fingerprint density at radius 2 is 1.94 bits per heavy atom. The molecule has 3 amide bonds. The number of carbonyl (C=O) groups excluding carboxylic acids is 3. The number of carboxylic acids is 2. The molecule has 1 fully saturated rings. The molecule has 0 saturated carbocycles. The van der Waals surface area contributed by atoms with E-state index in [9.17, 15) is 29.1 Å². The standard InChI is InChI=1S/C21H32N6O7/c1-3-11(2)17(26-18(30)13(22)8-16(28)29)19(31)25-14(7-12-9-23-10-24-12)20(32)27-6-4-5-15(27)21(33)34/h9-11,13-15,17H,3-8,22H2,1-2H3,(H,23,24)(H,25,31)(H,26,30)(H,28,29)(H,33,34). The predicted octanol–water partition coefficient (Wildman–Crippen LogP) is -1.15. The number of carbonyl (C=O) groups is 5. The molecule has 1 aromatic heterocycles. The van der Waals surface area contributed by atoms with Gasteiger partial charge in [0.05, 0.1) is 18.8 Å². The Morgan fingerprint density at radius 3 is 2.50 bits per heavy atom. The fourth-order valence-corrected chi connectivity index (χ4v) is 3.81. The van der Waals surface area contributed by atoms with Crippen molar-refractivity contribution >= 4 is 29.7 Å². The van der Waals surface area contributed by atoms with Crippen LogP contribution in [0.15, 0.2) is 12.5 Å². The maximum atomic E-state index is 13.3. The van der Waals surface area contributed by atoms with E-state index in [4.69, 9.17) is 10.8 Å². The van der Waals surface area contributed by atoms with Crippen molar-refractivity contribution in [1.29, 1.82) is 0 Å². The van der Waals surface area contributed by atoms with E-state index in [0.29, 0.717) is 25.0 Å². The summed E-state index contributed by atoms with van der Waals surface area (Å²) in [5.74, 6) is -4.74. The summed E-state index contributed by atoms with van der Waals surface area (Å²) >= 11 is 0. The molecule has 0 spiro atoms. The molecule has 0 radical (unpaired) electrons. The van der Waals surface area contributed by atoms with Gasteiger partial charge >= 0.3 is 11.9 Å². The number of aromatic nitrogens is 2. The van der Waals surface area contributed by atoms with Gasteiger partial charge in [-0.2, -0.15) is 0 Å². The van der Waals surface area contributed by atoms with Gasteiger partial charge in [0.15, 0.2) is 0 Å². The third-order valence-corrected chi connectivity index (χ3v) is 5.94. The van der Waals surface area contributed by atoms with Crippen molar-refractivity contribution in [2.24, 2.45) is 11.7 Å². The molecule has 1 aliphatic rings. The number of aromatic amines is 1. The minimum absolute atomic E-state index is 0.0348. The van der Waals surface area contributed by atoms with Crippen molar-refractivity contribution in [2.75, 3.05) is 6.54 Å². The zero-order valence-electron chi connectivity index (χ0n) is 19.2. The second-order valence-electron chi connectivity index (χ2n) is 8.45. The number of amides is 3. The summed E-state index contributed by atoms with van der Waals surface area (Å²) < 4.78 is 0. The lowest BCUT2D eigenvalue weighted by molar-refractivity contribution is -0.149. The second-order valence-corrected chi connectivity index (χ2v) is 8.45. The molecule has 5 atom stereocenters. The number of carboxylic acid groups (broad SMARTS) is 2. The molecule has 2 rings (SSSR count). The van der Waals surface area contributed by atoms with Gasteiger partial charge in [0.1, 0.15) is 18.1 Å². The van der Waals surface area contributed by atoms with Gasteiger partial charge < -0.3 is 36.5 Å². The van der Waals surface area contributed by atoms with Crippen molar-refractivity contribution in [2.45, 2.75) is 70.1 Å². The number of nitrogens with two attached hydrogens (primary N) is 1. The van der Waals surface area contributed by atoms with Crippen molar-refractivity contribution in [3.8, 4) is 0 Å². The van der Waals surface area contributed by atoms with Crippen LogP contribution in [0, 0.1) is 5.92 Å². The van der Waals surface area contributed by atoms with Gasteiger partial charge in [0, 0.05) is 24.9 Å². The van der Waals surface area contributed by atoms with Gasteiger partial charge in [-0.25, -0.2) is 9.78 Å². The van der Waals surface area contributed by atoms with Crippen molar-refractivity contribution < 1.29 is 34.2 Å². The smallest absolute Gasteiger partial charge is 0.326 e. The molecule has 0 aromatic carbocycles. The summed E-state index contributed by atoms with van der Waals surface area (Å²) in [7, 11) is 0. The van der Waals surface area contributed by atoms with Crippen LogP contribution in [0.25, 0.3) is 0 Å². The van der Waals surface area contributed by atoms with Crippen molar-refractivity contribution in [3.63, 3.8) is 0 Å². The molecule has 2 heterocycles. The lowest BCUT2D eigenvalue weighted by Gasteiger charge is -2.30. The lowest BCUT2D eigenvalue weighted by Crippen LogP contribution is -2.59. The van der Waals surface area contributed by atoms with E-state index < -0.39 is 60.2 Å². The molecular weight excluding hydrogens is 448 g/mol. The molecule has 13 nitrogen and oxygen atoms in total. The Labute approximate surface area is 196 Å². The average molecular weight is 481 g/mol. The maximum absolute atomic E-state index is 13.3. The second kappa shape index (κ2) is 12.1. The average Bonchev–Trinajstić information content (AvgIpc) is 3.47. The number of nitrogens with zero attached hydrogens (tertiary/aromatic N) is 2. The number of aliphatic carboxylic acids is 2. The highest BCUT2D eigenvalue weighted by atomic mass is 16.4. The van der Waals surface area contributed by atoms with Crippen LogP contribution < -0.4 is 16.4 Å². The van der Waals surface area contributed by atoms with Gasteiger partial charge in [0.25, 0.3) is 0 Å². The molecular formula is C21H32N6O7. The summed E-state index contributed by atoms with van der Waals surface area (Å²) in [4.78, 5) is 69.3. The summed E-state index contributed by atoms with van der Waals surface area (Å²) in [5, 5.41) is 23.5. The Kier molecular flexibility index (Phi) is 9.54. The normalized spacial score (nSPS) is 19.0. The van der Waals surface area contributed by atoms with E-state index in [1.54, 1.807) is 6.92 Å². The monoisotopic (exact) mass is 480 g/mol. The largest absolute Gasteiger partial charge is 0.481 e. The Balaban J connectivity index is 2.23. The van der Waals surface area contributed by atoms with Crippen LogP contribution in [0.4, 0.5) is 0 Å². The Hall–Kier alpha value is -3.48. The number of H-pyrrole nitrogens is 1. The summed E-state index contributed by atoms with van der Waals surface area (Å²) in [6, 6.07) is -4.51. The lowest BCUT2D eigenvalue weighted by atomic mass is 9.97. The number of hydrogen-bond donors (Lipinski definition) is 6. The van der Waals surface area contributed by atoms with Crippen molar-refractivity contribution in [1.82, 2.24) is 25.5 Å². The number of rotatable bonds is 12. The fraction of sp³-hybridized carbons (Fsp3) is 0.619. The zero-order chi connectivity index (χ0) is 25.4. The molecule has 7 N–H and O–H groups in total. The van der Waals surface area contributed by atoms with Gasteiger partial charge in [-0.3, -0.25) is 19.2 Å². The number of nitrogens with one attached hydrogen (secondary N) is 3. The molecule has 5 unspecified atom stereocenters. The molecule has 0 bridgehead atoms. The molecule has 1 saturated heterocycles. The first-order chi connectivity index (χ1) is 16.0. The Morgan fingerprint density at radius 1 is 1.24 bits per heavy atom. The molecule has 34 heavy (non-hydrogen) atoms. The van der Waals surface area contributed by atoms with E-state index in [1.165, 1.54) is 17.4 Å².